The number of carbonyl (C=O) groups excluding carboxylic acids is 1. The van der Waals surface area contributed by atoms with E-state index in [0.29, 0.717) is 31.2 Å². The number of aryl methyl sites for hydroxylation is 1. The van der Waals surface area contributed by atoms with Crippen LogP contribution in [0.1, 0.15) is 28.2 Å². The van der Waals surface area contributed by atoms with Gasteiger partial charge in [0.1, 0.15) is 11.9 Å². The summed E-state index contributed by atoms with van der Waals surface area (Å²) in [6.45, 7) is 2.84. The van der Waals surface area contributed by atoms with Gasteiger partial charge in [-0.25, -0.2) is 15.0 Å². The molecule has 22 heavy (non-hydrogen) atoms. The van der Waals surface area contributed by atoms with E-state index in [4.69, 9.17) is 4.74 Å². The van der Waals surface area contributed by atoms with Crippen molar-refractivity contribution in [3.8, 4) is 0 Å². The standard InChI is InChI=1S/C14H15N5O3/c1-9-17-10(7-12(20)18-9)11-8-19(5-6-22-11)14(21)13-15-3-2-4-16-13/h2-4,7,11H,5-6,8H2,1H3,(H,17,18,20)/t11-/m0/s1. The Labute approximate surface area is 126 Å². The van der Waals surface area contributed by atoms with Gasteiger partial charge in [0.05, 0.1) is 18.8 Å². The van der Waals surface area contributed by atoms with Gasteiger partial charge in [-0.15, -0.1) is 0 Å². The van der Waals surface area contributed by atoms with Crippen LogP contribution in [-0.2, 0) is 4.74 Å². The number of nitrogens with one attached hydrogen (secondary N) is 1. The number of rotatable bonds is 2. The van der Waals surface area contributed by atoms with E-state index in [1.54, 1.807) is 17.9 Å². The number of amides is 1. The van der Waals surface area contributed by atoms with E-state index in [2.05, 4.69) is 19.9 Å². The summed E-state index contributed by atoms with van der Waals surface area (Å²) in [6.07, 6.45) is 2.63. The molecule has 2 aromatic heterocycles. The van der Waals surface area contributed by atoms with Crippen LogP contribution < -0.4 is 5.56 Å². The molecule has 1 aliphatic rings. The van der Waals surface area contributed by atoms with Gasteiger partial charge >= 0.3 is 0 Å². The molecule has 1 fully saturated rings. The van der Waals surface area contributed by atoms with Gasteiger partial charge in [0.2, 0.25) is 5.82 Å². The third kappa shape index (κ3) is 3.01. The molecule has 114 valence electrons. The normalized spacial score (nSPS) is 18.2. The lowest BCUT2D eigenvalue weighted by Gasteiger charge is -2.32. The molecule has 3 rings (SSSR count). The van der Waals surface area contributed by atoms with Crippen molar-refractivity contribution in [1.82, 2.24) is 24.8 Å². The third-order valence-electron chi connectivity index (χ3n) is 3.32. The zero-order chi connectivity index (χ0) is 15.5. The van der Waals surface area contributed by atoms with Gasteiger partial charge in [-0.2, -0.15) is 0 Å². The van der Waals surface area contributed by atoms with E-state index >= 15 is 0 Å². The number of H-pyrrole nitrogens is 1. The van der Waals surface area contributed by atoms with Crippen LogP contribution in [0, 0.1) is 6.92 Å². The van der Waals surface area contributed by atoms with Crippen LogP contribution in [0.15, 0.2) is 29.3 Å². The molecule has 8 nitrogen and oxygen atoms in total. The lowest BCUT2D eigenvalue weighted by molar-refractivity contribution is -0.0252. The van der Waals surface area contributed by atoms with Crippen LogP contribution in [-0.4, -0.2) is 50.4 Å². The topological polar surface area (TPSA) is 101 Å². The number of hydrogen-bond donors (Lipinski definition) is 1. The first kappa shape index (κ1) is 14.3. The SMILES string of the molecule is Cc1nc([C@@H]2CN(C(=O)c3ncccn3)CCO2)cc(=O)[nH]1. The molecule has 0 saturated carbocycles. The molecule has 3 heterocycles. The van der Waals surface area contributed by atoms with Crippen LogP contribution in [0.2, 0.25) is 0 Å². The van der Waals surface area contributed by atoms with E-state index in [-0.39, 0.29) is 17.3 Å². The van der Waals surface area contributed by atoms with Crippen molar-refractivity contribution in [2.75, 3.05) is 19.7 Å². The maximum Gasteiger partial charge on any atom is 0.291 e. The van der Waals surface area contributed by atoms with Crippen LogP contribution in [0.4, 0.5) is 0 Å². The Morgan fingerprint density at radius 1 is 1.41 bits per heavy atom. The highest BCUT2D eigenvalue weighted by molar-refractivity contribution is 5.90. The number of carbonyl (C=O) groups is 1. The van der Waals surface area contributed by atoms with Crippen molar-refractivity contribution in [3.05, 3.63) is 52.2 Å². The van der Waals surface area contributed by atoms with Gasteiger partial charge in [-0.3, -0.25) is 9.59 Å². The monoisotopic (exact) mass is 301 g/mol. The lowest BCUT2D eigenvalue weighted by Crippen LogP contribution is -2.43. The minimum absolute atomic E-state index is 0.151. The highest BCUT2D eigenvalue weighted by Gasteiger charge is 2.28. The molecular formula is C14H15N5O3. The zero-order valence-electron chi connectivity index (χ0n) is 12.0. The van der Waals surface area contributed by atoms with Gasteiger partial charge in [0, 0.05) is 25.0 Å². The minimum Gasteiger partial charge on any atom is -0.368 e. The van der Waals surface area contributed by atoms with Gasteiger partial charge in [-0.05, 0) is 13.0 Å². The lowest BCUT2D eigenvalue weighted by atomic mass is 10.2. The Morgan fingerprint density at radius 3 is 2.91 bits per heavy atom. The highest BCUT2D eigenvalue weighted by Crippen LogP contribution is 2.20. The second kappa shape index (κ2) is 6.02. The van der Waals surface area contributed by atoms with Crippen molar-refractivity contribution in [2.45, 2.75) is 13.0 Å². The third-order valence-corrected chi connectivity index (χ3v) is 3.32. The summed E-state index contributed by atoms with van der Waals surface area (Å²) in [6, 6.07) is 3.05. The summed E-state index contributed by atoms with van der Waals surface area (Å²) in [5, 5.41) is 0. The summed E-state index contributed by atoms with van der Waals surface area (Å²) >= 11 is 0. The number of morpholine rings is 1. The van der Waals surface area contributed by atoms with Crippen LogP contribution in [0.5, 0.6) is 0 Å². The van der Waals surface area contributed by atoms with E-state index in [0.717, 1.165) is 0 Å². The highest BCUT2D eigenvalue weighted by atomic mass is 16.5. The molecule has 1 N–H and O–H groups in total. The molecule has 0 unspecified atom stereocenters. The molecule has 1 amide bonds. The van der Waals surface area contributed by atoms with Gasteiger partial charge < -0.3 is 14.6 Å². The van der Waals surface area contributed by atoms with Crippen molar-refractivity contribution >= 4 is 5.91 Å². The molecule has 0 aromatic carbocycles. The van der Waals surface area contributed by atoms with Gasteiger partial charge in [-0.1, -0.05) is 0 Å². The molecule has 0 aliphatic carbocycles. The van der Waals surface area contributed by atoms with Gasteiger partial charge in [0.25, 0.3) is 11.5 Å². The summed E-state index contributed by atoms with van der Waals surface area (Å²) in [5.41, 5.74) is 0.286. The average molecular weight is 301 g/mol. The Kier molecular flexibility index (Phi) is 3.92. The van der Waals surface area contributed by atoms with E-state index in [1.807, 2.05) is 0 Å². The first-order chi connectivity index (χ1) is 10.6. The van der Waals surface area contributed by atoms with Crippen molar-refractivity contribution in [2.24, 2.45) is 0 Å². The molecule has 0 spiro atoms. The molecule has 8 heteroatoms. The fraction of sp³-hybridized carbons (Fsp3) is 0.357. The van der Waals surface area contributed by atoms with E-state index < -0.39 is 6.10 Å². The van der Waals surface area contributed by atoms with Crippen LogP contribution >= 0.6 is 0 Å². The molecule has 0 bridgehead atoms. The predicted octanol–water partition coefficient (Wildman–Crippen LogP) is 0.0820. The van der Waals surface area contributed by atoms with Crippen molar-refractivity contribution in [3.63, 3.8) is 0 Å². The number of hydrogen-bond acceptors (Lipinski definition) is 6. The molecule has 0 radical (unpaired) electrons. The number of nitrogens with zero attached hydrogens (tertiary/aromatic N) is 4. The Hall–Kier alpha value is -2.61. The number of aromatic nitrogens is 4. The molecule has 2 aromatic rings. The van der Waals surface area contributed by atoms with Crippen molar-refractivity contribution in [1.29, 1.82) is 0 Å². The van der Waals surface area contributed by atoms with Crippen LogP contribution in [0.25, 0.3) is 0 Å². The predicted molar refractivity (Wildman–Crippen MR) is 76.2 cm³/mol. The van der Waals surface area contributed by atoms with Gasteiger partial charge in [0.15, 0.2) is 0 Å². The molecular weight excluding hydrogens is 286 g/mol. The molecule has 1 saturated heterocycles. The quantitative estimate of drug-likeness (QED) is 0.843. The van der Waals surface area contributed by atoms with Crippen molar-refractivity contribution < 1.29 is 9.53 Å². The average Bonchev–Trinajstić information content (AvgIpc) is 2.54. The summed E-state index contributed by atoms with van der Waals surface area (Å²) in [5.74, 6) is 0.412. The zero-order valence-corrected chi connectivity index (χ0v) is 12.0. The maximum atomic E-state index is 12.4. The number of aromatic amines is 1. The Morgan fingerprint density at radius 2 is 2.18 bits per heavy atom. The van der Waals surface area contributed by atoms with E-state index in [9.17, 15) is 9.59 Å². The fourth-order valence-electron chi connectivity index (χ4n) is 2.33. The Bertz CT molecular complexity index is 731. The fourth-order valence-corrected chi connectivity index (χ4v) is 2.33. The number of ether oxygens (including phenoxy) is 1. The second-order valence-corrected chi connectivity index (χ2v) is 4.94. The van der Waals surface area contributed by atoms with Crippen LogP contribution in [0.3, 0.4) is 0 Å². The molecule has 1 aliphatic heterocycles. The summed E-state index contributed by atoms with van der Waals surface area (Å²) in [4.78, 5) is 40.3. The minimum atomic E-state index is -0.428. The second-order valence-electron chi connectivity index (χ2n) is 4.94. The first-order valence-electron chi connectivity index (χ1n) is 6.89. The maximum absolute atomic E-state index is 12.4. The smallest absolute Gasteiger partial charge is 0.291 e. The first-order valence-corrected chi connectivity index (χ1v) is 6.89. The summed E-state index contributed by atoms with van der Waals surface area (Å²) in [7, 11) is 0. The Balaban J connectivity index is 1.79. The van der Waals surface area contributed by atoms with E-state index in [1.165, 1.54) is 18.5 Å². The molecule has 1 atom stereocenters. The largest absolute Gasteiger partial charge is 0.368 e. The summed E-state index contributed by atoms with van der Waals surface area (Å²) < 4.78 is 5.64.